The molecule has 0 heterocycles. The zero-order valence-corrected chi connectivity index (χ0v) is 6.82. The fourth-order valence-corrected chi connectivity index (χ4v) is 1.33. The van der Waals surface area contributed by atoms with Gasteiger partial charge in [0.1, 0.15) is 0 Å². The van der Waals surface area contributed by atoms with Gasteiger partial charge >= 0.3 is 0 Å². The van der Waals surface area contributed by atoms with E-state index in [0.29, 0.717) is 5.92 Å². The van der Waals surface area contributed by atoms with E-state index >= 15 is 0 Å². The summed E-state index contributed by atoms with van der Waals surface area (Å²) in [5.74, 6) is 3.71. The summed E-state index contributed by atoms with van der Waals surface area (Å²) in [7, 11) is 0. The van der Waals surface area contributed by atoms with Gasteiger partial charge in [0.05, 0.1) is 0 Å². The molecule has 0 bridgehead atoms. The molecule has 0 aromatic carbocycles. The molecule has 0 fully saturated rings. The highest BCUT2D eigenvalue weighted by Gasteiger charge is 2.04. The lowest BCUT2D eigenvalue weighted by atomic mass is 9.96. The summed E-state index contributed by atoms with van der Waals surface area (Å²) in [6.45, 7) is 0. The van der Waals surface area contributed by atoms with Gasteiger partial charge < -0.3 is 0 Å². The molecule has 0 spiro atoms. The number of hydrogen-bond acceptors (Lipinski definition) is 0. The summed E-state index contributed by atoms with van der Waals surface area (Å²) in [6, 6.07) is 0. The topological polar surface area (TPSA) is 0 Å². The molecule has 48 valence electrons. The zero-order chi connectivity index (χ0) is 6.53. The van der Waals surface area contributed by atoms with Gasteiger partial charge in [-0.2, -0.15) is 0 Å². The van der Waals surface area contributed by atoms with Crippen LogP contribution in [0.1, 0.15) is 19.3 Å². The normalized spacial score (nSPS) is 24.8. The van der Waals surface area contributed by atoms with Crippen LogP contribution in [0.5, 0.6) is 0 Å². The van der Waals surface area contributed by atoms with Gasteiger partial charge in [0, 0.05) is 21.8 Å². The van der Waals surface area contributed by atoms with Crippen molar-refractivity contribution in [2.75, 3.05) is 0 Å². The third-order valence-electron chi connectivity index (χ3n) is 1.53. The average molecular weight is 185 g/mol. The fraction of sp³-hybridized carbons (Fsp3) is 0.500. The summed E-state index contributed by atoms with van der Waals surface area (Å²) in [6.07, 6.45) is 8.01. The molecule has 0 radical (unpaired) electrons. The highest BCUT2D eigenvalue weighted by molar-refractivity contribution is 9.12. The van der Waals surface area contributed by atoms with Crippen LogP contribution in [0.3, 0.4) is 0 Å². The zero-order valence-electron chi connectivity index (χ0n) is 5.23. The highest BCUT2D eigenvalue weighted by Crippen LogP contribution is 2.16. The van der Waals surface area contributed by atoms with E-state index in [1.165, 1.54) is 12.8 Å². The Bertz CT molecular complexity index is 159. The van der Waals surface area contributed by atoms with Gasteiger partial charge in [-0.25, -0.2) is 0 Å². The Morgan fingerprint density at radius 2 is 2.33 bits per heavy atom. The Labute approximate surface area is 64.5 Å². The maximum absolute atomic E-state index is 3.10. The third-order valence-corrected chi connectivity index (χ3v) is 1.76. The van der Waals surface area contributed by atoms with Crippen LogP contribution in [0.4, 0.5) is 0 Å². The van der Waals surface area contributed by atoms with E-state index in [1.54, 1.807) is 0 Å². The Morgan fingerprint density at radius 1 is 1.44 bits per heavy atom. The molecule has 0 N–H and O–H groups in total. The molecular weight excluding hydrogens is 176 g/mol. The van der Waals surface area contributed by atoms with Gasteiger partial charge in [-0.15, -0.1) is 0 Å². The Hall–Kier alpha value is -0.220. The van der Waals surface area contributed by atoms with Gasteiger partial charge in [-0.05, 0) is 24.1 Å². The lowest BCUT2D eigenvalue weighted by Gasteiger charge is -2.09. The van der Waals surface area contributed by atoms with E-state index in [0.717, 1.165) is 6.42 Å². The summed E-state index contributed by atoms with van der Waals surface area (Å²) >= 11 is 3.10. The minimum Gasteiger partial charge on any atom is -0.0884 e. The first-order valence-electron chi connectivity index (χ1n) is 3.19. The minimum absolute atomic E-state index is 0.606. The quantitative estimate of drug-likeness (QED) is 0.402. The van der Waals surface area contributed by atoms with Crippen molar-refractivity contribution in [1.82, 2.24) is 0 Å². The summed E-state index contributed by atoms with van der Waals surface area (Å²) in [5.41, 5.74) is 0. The van der Waals surface area contributed by atoms with Crippen LogP contribution in [-0.4, -0.2) is 0 Å². The first kappa shape index (κ1) is 6.89. The third kappa shape index (κ3) is 2.24. The number of hydrogen-bond donors (Lipinski definition) is 0. The van der Waals surface area contributed by atoms with Gasteiger partial charge in [-0.1, -0.05) is 18.1 Å². The second-order valence-corrected chi connectivity index (χ2v) is 2.62. The molecule has 1 aliphatic rings. The monoisotopic (exact) mass is 184 g/mol. The molecule has 0 aromatic rings. The van der Waals surface area contributed by atoms with Crippen LogP contribution >= 0.6 is 15.9 Å². The first-order valence-corrected chi connectivity index (χ1v) is 3.99. The summed E-state index contributed by atoms with van der Waals surface area (Å²) in [4.78, 5) is 2.77. The molecule has 0 aliphatic heterocycles. The predicted molar refractivity (Wildman–Crippen MR) is 43.2 cm³/mol. The van der Waals surface area contributed by atoms with Crippen molar-refractivity contribution in [3.63, 3.8) is 0 Å². The van der Waals surface area contributed by atoms with Crippen LogP contribution in [-0.2, 0) is 0 Å². The van der Waals surface area contributed by atoms with E-state index in [4.69, 9.17) is 0 Å². The average Bonchev–Trinajstić information content (AvgIpc) is 1.91. The van der Waals surface area contributed by atoms with Crippen molar-refractivity contribution in [3.05, 3.63) is 12.2 Å². The van der Waals surface area contributed by atoms with Crippen LogP contribution in [0.15, 0.2) is 12.2 Å². The van der Waals surface area contributed by atoms with Crippen molar-refractivity contribution in [2.24, 2.45) is 5.92 Å². The molecule has 1 heteroatoms. The molecular formula is C8H9Br. The standard InChI is InChI=1S/C8H9Br/c9-7-6-8-4-2-1-3-5-8/h1-2,8H,3-5H2. The Balaban J connectivity index is 2.41. The highest BCUT2D eigenvalue weighted by atomic mass is 79.9. The van der Waals surface area contributed by atoms with E-state index in [2.05, 4.69) is 38.8 Å². The number of allylic oxidation sites excluding steroid dienone is 2. The SMILES string of the molecule is BrC#CC1CC=CCC1. The predicted octanol–water partition coefficient (Wildman–Crippen LogP) is 2.70. The molecule has 9 heavy (non-hydrogen) atoms. The molecule has 0 saturated carbocycles. The van der Waals surface area contributed by atoms with E-state index < -0.39 is 0 Å². The van der Waals surface area contributed by atoms with Crippen LogP contribution < -0.4 is 0 Å². The number of halogens is 1. The van der Waals surface area contributed by atoms with E-state index in [9.17, 15) is 0 Å². The maximum atomic E-state index is 3.10. The maximum Gasteiger partial charge on any atom is 0.0249 e. The lowest BCUT2D eigenvalue weighted by Crippen LogP contribution is -1.97. The van der Waals surface area contributed by atoms with Crippen LogP contribution in [0.25, 0.3) is 0 Å². The second kappa shape index (κ2) is 3.74. The van der Waals surface area contributed by atoms with Crippen molar-refractivity contribution in [2.45, 2.75) is 19.3 Å². The fourth-order valence-electron chi connectivity index (χ4n) is 1.00. The molecule has 0 aromatic heterocycles. The number of rotatable bonds is 0. The lowest BCUT2D eigenvalue weighted by molar-refractivity contribution is 0.603. The van der Waals surface area contributed by atoms with E-state index in [-0.39, 0.29) is 0 Å². The van der Waals surface area contributed by atoms with Gasteiger partial charge in [0.25, 0.3) is 0 Å². The van der Waals surface area contributed by atoms with Crippen molar-refractivity contribution in [1.29, 1.82) is 0 Å². The summed E-state index contributed by atoms with van der Waals surface area (Å²) in [5, 5.41) is 0. The molecule has 0 saturated heterocycles. The van der Waals surface area contributed by atoms with Gasteiger partial charge in [-0.3, -0.25) is 0 Å². The minimum atomic E-state index is 0.606. The van der Waals surface area contributed by atoms with Gasteiger partial charge in [0.15, 0.2) is 0 Å². The van der Waals surface area contributed by atoms with Crippen LogP contribution in [0, 0.1) is 16.7 Å². The Morgan fingerprint density at radius 3 is 2.89 bits per heavy atom. The van der Waals surface area contributed by atoms with Crippen LogP contribution in [0.2, 0.25) is 0 Å². The first-order chi connectivity index (χ1) is 4.43. The molecule has 0 amide bonds. The molecule has 1 aliphatic carbocycles. The van der Waals surface area contributed by atoms with Gasteiger partial charge in [0.2, 0.25) is 0 Å². The van der Waals surface area contributed by atoms with Crippen molar-refractivity contribution in [3.8, 4) is 10.8 Å². The summed E-state index contributed by atoms with van der Waals surface area (Å²) < 4.78 is 0. The molecule has 1 atom stereocenters. The molecule has 1 rings (SSSR count). The smallest absolute Gasteiger partial charge is 0.0249 e. The Kier molecular flexibility index (Phi) is 2.86. The molecule has 1 unspecified atom stereocenters. The van der Waals surface area contributed by atoms with Crippen molar-refractivity contribution < 1.29 is 0 Å². The van der Waals surface area contributed by atoms with E-state index in [1.807, 2.05) is 0 Å². The second-order valence-electron chi connectivity index (χ2n) is 2.22. The van der Waals surface area contributed by atoms with Crippen molar-refractivity contribution >= 4 is 15.9 Å². The largest absolute Gasteiger partial charge is 0.0884 e. The molecule has 0 nitrogen and oxygen atoms in total.